The Balaban J connectivity index is 0.00000156. The van der Waals surface area contributed by atoms with Crippen LogP contribution in [0.2, 0.25) is 0 Å². The molecular weight excluding hydrogens is 324 g/mol. The van der Waals surface area contributed by atoms with E-state index in [0.29, 0.717) is 0 Å². The number of para-hydroxylation sites is 2. The maximum atomic E-state index is 2.55. The third-order valence-corrected chi connectivity index (χ3v) is 5.83. The van der Waals surface area contributed by atoms with Gasteiger partial charge in [-0.1, -0.05) is 36.0 Å². The summed E-state index contributed by atoms with van der Waals surface area (Å²) in [7, 11) is 2.25. The zero-order chi connectivity index (χ0) is 14.9. The van der Waals surface area contributed by atoms with Gasteiger partial charge in [0.25, 0.3) is 0 Å². The van der Waals surface area contributed by atoms with Crippen molar-refractivity contribution in [2.75, 3.05) is 31.6 Å². The lowest BCUT2D eigenvalue weighted by Crippen LogP contribution is -2.38. The average Bonchev–Trinajstić information content (AvgIpc) is 2.55. The number of likely N-dealkylation sites (tertiary alicyclic amines) is 1. The molecule has 4 heteroatoms. The summed E-state index contributed by atoms with van der Waals surface area (Å²) in [4.78, 5) is 7.78. The second kappa shape index (κ2) is 7.16. The van der Waals surface area contributed by atoms with E-state index in [4.69, 9.17) is 0 Å². The lowest BCUT2D eigenvalue weighted by Gasteiger charge is -2.38. The van der Waals surface area contributed by atoms with E-state index in [2.05, 4.69) is 65.4 Å². The van der Waals surface area contributed by atoms with Crippen LogP contribution in [0.15, 0.2) is 58.3 Å². The summed E-state index contributed by atoms with van der Waals surface area (Å²) in [5, 5.41) is 0. The molecule has 0 N–H and O–H groups in total. The van der Waals surface area contributed by atoms with E-state index in [1.54, 1.807) is 0 Å². The van der Waals surface area contributed by atoms with Crippen molar-refractivity contribution in [3.8, 4) is 0 Å². The molecule has 0 aliphatic carbocycles. The number of hydrogen-bond acceptors (Lipinski definition) is 3. The van der Waals surface area contributed by atoms with Crippen molar-refractivity contribution in [2.24, 2.45) is 5.92 Å². The number of piperidine rings is 1. The van der Waals surface area contributed by atoms with Gasteiger partial charge in [-0.25, -0.2) is 0 Å². The molecule has 1 unspecified atom stereocenters. The van der Waals surface area contributed by atoms with E-state index < -0.39 is 0 Å². The highest BCUT2D eigenvalue weighted by Gasteiger charge is 2.26. The Labute approximate surface area is 149 Å². The van der Waals surface area contributed by atoms with Crippen LogP contribution in [0.5, 0.6) is 0 Å². The van der Waals surface area contributed by atoms with Gasteiger partial charge < -0.3 is 9.80 Å². The lowest BCUT2D eigenvalue weighted by atomic mass is 9.97. The molecule has 2 aromatic carbocycles. The van der Waals surface area contributed by atoms with Crippen molar-refractivity contribution >= 4 is 35.5 Å². The quantitative estimate of drug-likeness (QED) is 0.751. The summed E-state index contributed by atoms with van der Waals surface area (Å²) in [5.74, 6) is 0.753. The molecule has 2 aliphatic rings. The van der Waals surface area contributed by atoms with Gasteiger partial charge in [0.1, 0.15) is 0 Å². The summed E-state index contributed by atoms with van der Waals surface area (Å²) in [6, 6.07) is 17.6. The van der Waals surface area contributed by atoms with E-state index in [0.717, 1.165) is 12.5 Å². The second-order valence-corrected chi connectivity index (χ2v) is 7.50. The molecule has 0 saturated carbocycles. The Hall–Kier alpha value is -1.16. The van der Waals surface area contributed by atoms with Gasteiger partial charge in [0.2, 0.25) is 0 Å². The van der Waals surface area contributed by atoms with E-state index in [1.165, 1.54) is 47.1 Å². The monoisotopic (exact) mass is 346 g/mol. The minimum absolute atomic E-state index is 0. The number of rotatable bonds is 2. The number of nitrogens with zero attached hydrogens (tertiary/aromatic N) is 2. The van der Waals surface area contributed by atoms with Crippen LogP contribution in [0.4, 0.5) is 11.4 Å². The van der Waals surface area contributed by atoms with Gasteiger partial charge in [0.15, 0.2) is 0 Å². The van der Waals surface area contributed by atoms with Crippen molar-refractivity contribution in [3.63, 3.8) is 0 Å². The predicted molar refractivity (Wildman–Crippen MR) is 101 cm³/mol. The molecule has 2 aromatic rings. The van der Waals surface area contributed by atoms with Gasteiger partial charge in [0, 0.05) is 22.9 Å². The van der Waals surface area contributed by atoms with Crippen LogP contribution in [-0.4, -0.2) is 31.6 Å². The molecule has 2 heterocycles. The Bertz CT molecular complexity index is 630. The van der Waals surface area contributed by atoms with E-state index in [-0.39, 0.29) is 12.4 Å². The first-order valence-electron chi connectivity index (χ1n) is 8.13. The highest BCUT2D eigenvalue weighted by Crippen LogP contribution is 2.48. The third-order valence-electron chi connectivity index (χ3n) is 4.69. The fraction of sp³-hybridized carbons (Fsp3) is 0.368. The van der Waals surface area contributed by atoms with Crippen molar-refractivity contribution in [1.29, 1.82) is 0 Å². The summed E-state index contributed by atoms with van der Waals surface area (Å²) in [6.45, 7) is 3.59. The van der Waals surface area contributed by atoms with Gasteiger partial charge in [-0.3, -0.25) is 0 Å². The number of halogens is 1. The first kappa shape index (κ1) is 16.7. The second-order valence-electron chi connectivity index (χ2n) is 6.42. The molecule has 2 nitrogen and oxygen atoms in total. The minimum atomic E-state index is 0. The molecular formula is C19H23ClN2S. The SMILES string of the molecule is CN1CCCC(CN2c3ccccc3Sc3ccccc32)C1.Cl. The standard InChI is InChI=1S/C19H22N2S.ClH/c1-20-12-6-7-15(13-20)14-21-16-8-2-4-10-18(16)22-19-11-5-3-9-17(19)21;/h2-5,8-11,15H,6-7,12-14H2,1H3;1H. The summed E-state index contributed by atoms with van der Waals surface area (Å²) in [5.41, 5.74) is 2.75. The summed E-state index contributed by atoms with van der Waals surface area (Å²) in [6.07, 6.45) is 2.67. The normalized spacial score (nSPS) is 20.4. The molecule has 23 heavy (non-hydrogen) atoms. The van der Waals surface area contributed by atoms with Gasteiger partial charge in [-0.15, -0.1) is 12.4 Å². The topological polar surface area (TPSA) is 6.48 Å². The van der Waals surface area contributed by atoms with Crippen molar-refractivity contribution in [1.82, 2.24) is 4.90 Å². The molecule has 1 fully saturated rings. The van der Waals surface area contributed by atoms with Crippen LogP contribution < -0.4 is 4.90 Å². The van der Waals surface area contributed by atoms with Crippen LogP contribution >= 0.6 is 24.2 Å². The molecule has 0 radical (unpaired) electrons. The smallest absolute Gasteiger partial charge is 0.0552 e. The molecule has 0 amide bonds. The third kappa shape index (κ3) is 3.37. The molecule has 0 bridgehead atoms. The lowest BCUT2D eigenvalue weighted by molar-refractivity contribution is 0.214. The molecule has 2 aliphatic heterocycles. The highest BCUT2D eigenvalue weighted by atomic mass is 35.5. The van der Waals surface area contributed by atoms with Crippen LogP contribution in [0.3, 0.4) is 0 Å². The van der Waals surface area contributed by atoms with Crippen LogP contribution in [0.1, 0.15) is 12.8 Å². The predicted octanol–water partition coefficient (Wildman–Crippen LogP) is 5.05. The highest BCUT2D eigenvalue weighted by molar-refractivity contribution is 7.99. The van der Waals surface area contributed by atoms with Crippen LogP contribution in [-0.2, 0) is 0 Å². The molecule has 1 saturated heterocycles. The number of hydrogen-bond donors (Lipinski definition) is 0. The van der Waals surface area contributed by atoms with E-state index in [9.17, 15) is 0 Å². The molecule has 122 valence electrons. The van der Waals surface area contributed by atoms with Gasteiger partial charge in [0.05, 0.1) is 11.4 Å². The zero-order valence-electron chi connectivity index (χ0n) is 13.4. The molecule has 0 aromatic heterocycles. The van der Waals surface area contributed by atoms with E-state index >= 15 is 0 Å². The molecule has 1 atom stereocenters. The maximum absolute atomic E-state index is 2.55. The fourth-order valence-electron chi connectivity index (χ4n) is 3.66. The number of anilines is 2. The van der Waals surface area contributed by atoms with Gasteiger partial charge in [-0.2, -0.15) is 0 Å². The maximum Gasteiger partial charge on any atom is 0.0552 e. The average molecular weight is 347 g/mol. The van der Waals surface area contributed by atoms with Crippen LogP contribution in [0, 0.1) is 5.92 Å². The Morgan fingerprint density at radius 2 is 1.61 bits per heavy atom. The van der Waals surface area contributed by atoms with Gasteiger partial charge >= 0.3 is 0 Å². The zero-order valence-corrected chi connectivity index (χ0v) is 15.1. The van der Waals surface area contributed by atoms with Crippen molar-refractivity contribution < 1.29 is 0 Å². The Morgan fingerprint density at radius 3 is 2.22 bits per heavy atom. The first-order chi connectivity index (χ1) is 10.8. The first-order valence-corrected chi connectivity index (χ1v) is 8.95. The van der Waals surface area contributed by atoms with Crippen molar-refractivity contribution in [3.05, 3.63) is 48.5 Å². The molecule has 4 rings (SSSR count). The number of fused-ring (bicyclic) bond motifs is 2. The minimum Gasteiger partial charge on any atom is -0.339 e. The number of benzene rings is 2. The summed E-state index contributed by atoms with van der Waals surface area (Å²) >= 11 is 1.90. The summed E-state index contributed by atoms with van der Waals surface area (Å²) < 4.78 is 0. The van der Waals surface area contributed by atoms with Gasteiger partial charge in [-0.05, 0) is 56.6 Å². The largest absolute Gasteiger partial charge is 0.339 e. The fourth-order valence-corrected chi connectivity index (χ4v) is 4.75. The van der Waals surface area contributed by atoms with Crippen molar-refractivity contribution in [2.45, 2.75) is 22.6 Å². The molecule has 0 spiro atoms. The van der Waals surface area contributed by atoms with E-state index in [1.807, 2.05) is 11.8 Å². The Kier molecular flexibility index (Phi) is 5.20. The Morgan fingerprint density at radius 1 is 1.00 bits per heavy atom. The van der Waals surface area contributed by atoms with Crippen LogP contribution in [0.25, 0.3) is 0 Å².